The highest BCUT2D eigenvalue weighted by Crippen LogP contribution is 2.32. The van der Waals surface area contributed by atoms with Crippen LogP contribution in [-0.4, -0.2) is 54.3 Å². The minimum absolute atomic E-state index is 0.0315. The largest absolute Gasteiger partial charge is 0.471 e. The molecule has 0 aliphatic carbocycles. The summed E-state index contributed by atoms with van der Waals surface area (Å²) in [6.07, 6.45) is -5.80. The fourth-order valence-electron chi connectivity index (χ4n) is 3.73. The maximum atomic E-state index is 12.8. The first kappa shape index (κ1) is 24.5. The van der Waals surface area contributed by atoms with E-state index in [-0.39, 0.29) is 32.1 Å². The Labute approximate surface area is 178 Å². The van der Waals surface area contributed by atoms with E-state index in [2.05, 4.69) is 0 Å². The average Bonchev–Trinajstić information content (AvgIpc) is 3.09. The van der Waals surface area contributed by atoms with Gasteiger partial charge in [-0.2, -0.15) is 13.2 Å². The van der Waals surface area contributed by atoms with E-state index < -0.39 is 42.1 Å². The van der Waals surface area contributed by atoms with Crippen LogP contribution in [0.15, 0.2) is 30.3 Å². The number of hydrogen-bond donors (Lipinski definition) is 1. The molecular weight excluding hydrogens is 417 g/mol. The zero-order valence-corrected chi connectivity index (χ0v) is 17.6. The third-order valence-corrected chi connectivity index (χ3v) is 5.11. The summed E-state index contributed by atoms with van der Waals surface area (Å²) in [5.74, 6) is -4.06. The smallest absolute Gasteiger partial charge is 0.466 e. The normalized spacial score (nSPS) is 19.8. The van der Waals surface area contributed by atoms with Crippen LogP contribution in [0, 0.1) is 11.8 Å². The highest BCUT2D eigenvalue weighted by Gasteiger charge is 2.50. The summed E-state index contributed by atoms with van der Waals surface area (Å²) in [5.41, 5.74) is 0.735. The number of nitrogens with zero attached hydrogens (tertiary/aromatic N) is 1. The van der Waals surface area contributed by atoms with Gasteiger partial charge in [-0.25, -0.2) is 4.79 Å². The molecule has 2 amide bonds. The Morgan fingerprint density at radius 3 is 2.35 bits per heavy atom. The molecule has 1 aliphatic rings. The number of alkyl halides is 3. The minimum Gasteiger partial charge on any atom is -0.466 e. The molecular formula is C21H27F3N2O5. The fourth-order valence-corrected chi connectivity index (χ4v) is 3.73. The fraction of sp³-hybridized carbons (Fsp3) is 0.571. The van der Waals surface area contributed by atoms with E-state index in [1.807, 2.05) is 11.4 Å². The third kappa shape index (κ3) is 6.35. The molecule has 1 aromatic rings. The van der Waals surface area contributed by atoms with Crippen molar-refractivity contribution in [3.63, 3.8) is 0 Å². The number of ether oxygens (including phenoxy) is 2. The first-order valence-electron chi connectivity index (χ1n) is 10.1. The highest BCUT2D eigenvalue weighted by atomic mass is 19.4. The quantitative estimate of drug-likeness (QED) is 0.653. The monoisotopic (exact) mass is 444 g/mol. The van der Waals surface area contributed by atoms with Gasteiger partial charge >= 0.3 is 24.1 Å². The van der Waals surface area contributed by atoms with Crippen molar-refractivity contribution in [3.8, 4) is 0 Å². The lowest BCUT2D eigenvalue weighted by atomic mass is 9.84. The summed E-state index contributed by atoms with van der Waals surface area (Å²) in [5, 5.41) is 1.94. The molecule has 2 rings (SSSR count). The summed E-state index contributed by atoms with van der Waals surface area (Å²) in [4.78, 5) is 38.2. The van der Waals surface area contributed by atoms with Crippen LogP contribution in [-0.2, 0) is 25.7 Å². The maximum Gasteiger partial charge on any atom is 0.471 e. The average molecular weight is 444 g/mol. The summed E-state index contributed by atoms with van der Waals surface area (Å²) >= 11 is 0. The molecule has 31 heavy (non-hydrogen) atoms. The van der Waals surface area contributed by atoms with Gasteiger partial charge in [0.15, 0.2) is 0 Å². The number of amides is 2. The number of benzene rings is 1. The Bertz CT molecular complexity index is 770. The van der Waals surface area contributed by atoms with E-state index in [9.17, 15) is 27.6 Å². The van der Waals surface area contributed by atoms with E-state index in [0.29, 0.717) is 0 Å². The summed E-state index contributed by atoms with van der Waals surface area (Å²) in [6, 6.07) is 6.78. The predicted molar refractivity (Wildman–Crippen MR) is 105 cm³/mol. The molecule has 3 atom stereocenters. The van der Waals surface area contributed by atoms with Crippen molar-refractivity contribution in [1.82, 2.24) is 10.2 Å². The van der Waals surface area contributed by atoms with Gasteiger partial charge in [-0.05, 0) is 24.8 Å². The first-order valence-corrected chi connectivity index (χ1v) is 10.1. The molecule has 10 heteroatoms. The standard InChI is InChI=1S/C21H27F3N2O5/c1-4-30-18(27)16(13(2)3)17-15(25-19(28)21(22,23)24)10-11-26(17)20(29)31-12-14-8-6-5-7-9-14/h5-9,13,15-17H,4,10-12H2,1-3H3,(H,25,28). The number of carbonyl (C=O) groups is 3. The van der Waals surface area contributed by atoms with E-state index >= 15 is 0 Å². The van der Waals surface area contributed by atoms with E-state index in [1.165, 1.54) is 4.90 Å². The topological polar surface area (TPSA) is 84.9 Å². The van der Waals surface area contributed by atoms with Gasteiger partial charge in [0.25, 0.3) is 0 Å². The van der Waals surface area contributed by atoms with Crippen LogP contribution in [0.25, 0.3) is 0 Å². The molecule has 1 saturated heterocycles. The van der Waals surface area contributed by atoms with E-state index in [1.54, 1.807) is 45.0 Å². The second kappa shape index (κ2) is 10.5. The lowest BCUT2D eigenvalue weighted by Crippen LogP contribution is -2.55. The van der Waals surface area contributed by atoms with Crippen molar-refractivity contribution < 1.29 is 37.0 Å². The van der Waals surface area contributed by atoms with Crippen molar-refractivity contribution in [2.75, 3.05) is 13.2 Å². The summed E-state index contributed by atoms with van der Waals surface area (Å²) < 4.78 is 48.9. The van der Waals surface area contributed by atoms with Crippen LogP contribution >= 0.6 is 0 Å². The van der Waals surface area contributed by atoms with Crippen LogP contribution in [0.5, 0.6) is 0 Å². The van der Waals surface area contributed by atoms with Gasteiger partial charge in [-0.3, -0.25) is 9.59 Å². The van der Waals surface area contributed by atoms with Crippen LogP contribution in [0.3, 0.4) is 0 Å². The van der Waals surface area contributed by atoms with Crippen LogP contribution < -0.4 is 5.32 Å². The van der Waals surface area contributed by atoms with Crippen molar-refractivity contribution in [2.24, 2.45) is 11.8 Å². The predicted octanol–water partition coefficient (Wildman–Crippen LogP) is 3.28. The van der Waals surface area contributed by atoms with Crippen molar-refractivity contribution in [3.05, 3.63) is 35.9 Å². The number of rotatable bonds is 7. The molecule has 1 heterocycles. The molecule has 1 aromatic carbocycles. The number of carbonyl (C=O) groups excluding carboxylic acids is 3. The number of halogens is 3. The van der Waals surface area contributed by atoms with Crippen molar-refractivity contribution in [2.45, 2.75) is 52.1 Å². The Kier molecular flexibility index (Phi) is 8.29. The Morgan fingerprint density at radius 2 is 1.81 bits per heavy atom. The second-order valence-electron chi connectivity index (χ2n) is 7.61. The lowest BCUT2D eigenvalue weighted by Gasteiger charge is -2.35. The Hall–Kier alpha value is -2.78. The molecule has 172 valence electrons. The van der Waals surface area contributed by atoms with Crippen LogP contribution in [0.4, 0.5) is 18.0 Å². The highest BCUT2D eigenvalue weighted by molar-refractivity contribution is 5.83. The van der Waals surface area contributed by atoms with Gasteiger partial charge in [0.05, 0.1) is 24.6 Å². The molecule has 7 nitrogen and oxygen atoms in total. The number of esters is 1. The SMILES string of the molecule is CCOC(=O)C(C(C)C)C1C(NC(=O)C(F)(F)F)CCN1C(=O)OCc1ccccc1. The summed E-state index contributed by atoms with van der Waals surface area (Å²) in [6.45, 7) is 5.09. The van der Waals surface area contributed by atoms with Gasteiger partial charge in [0.1, 0.15) is 6.61 Å². The number of likely N-dealkylation sites (tertiary alicyclic amines) is 1. The molecule has 0 spiro atoms. The van der Waals surface area contributed by atoms with Gasteiger partial charge in [0.2, 0.25) is 0 Å². The maximum absolute atomic E-state index is 12.8. The molecule has 0 bridgehead atoms. The molecule has 0 radical (unpaired) electrons. The van der Waals surface area contributed by atoms with Gasteiger partial charge in [0, 0.05) is 6.54 Å². The number of hydrogen-bond acceptors (Lipinski definition) is 5. The van der Waals surface area contributed by atoms with Crippen molar-refractivity contribution in [1.29, 1.82) is 0 Å². The van der Waals surface area contributed by atoms with Gasteiger partial charge < -0.3 is 19.7 Å². The van der Waals surface area contributed by atoms with Crippen LogP contribution in [0.2, 0.25) is 0 Å². The molecule has 1 N–H and O–H groups in total. The third-order valence-electron chi connectivity index (χ3n) is 5.11. The first-order chi connectivity index (χ1) is 14.6. The molecule has 3 unspecified atom stereocenters. The second-order valence-corrected chi connectivity index (χ2v) is 7.61. The Balaban J connectivity index is 2.26. The van der Waals surface area contributed by atoms with E-state index in [0.717, 1.165) is 5.56 Å². The van der Waals surface area contributed by atoms with Gasteiger partial charge in [-0.1, -0.05) is 44.2 Å². The zero-order chi connectivity index (χ0) is 23.2. The molecule has 1 fully saturated rings. The number of nitrogens with one attached hydrogen (secondary N) is 1. The zero-order valence-electron chi connectivity index (χ0n) is 17.6. The molecule has 0 aromatic heterocycles. The van der Waals surface area contributed by atoms with Crippen molar-refractivity contribution >= 4 is 18.0 Å². The Morgan fingerprint density at radius 1 is 1.16 bits per heavy atom. The van der Waals surface area contributed by atoms with Crippen LogP contribution in [0.1, 0.15) is 32.8 Å². The van der Waals surface area contributed by atoms with Gasteiger partial charge in [-0.15, -0.1) is 0 Å². The summed E-state index contributed by atoms with van der Waals surface area (Å²) in [7, 11) is 0. The minimum atomic E-state index is -5.08. The molecule has 0 saturated carbocycles. The lowest BCUT2D eigenvalue weighted by molar-refractivity contribution is -0.175. The molecule has 1 aliphatic heterocycles. The van der Waals surface area contributed by atoms with E-state index in [4.69, 9.17) is 9.47 Å².